The van der Waals surface area contributed by atoms with E-state index in [1.165, 1.54) is 7.11 Å². The van der Waals surface area contributed by atoms with Crippen molar-refractivity contribution in [1.82, 2.24) is 10.2 Å². The molecule has 2 saturated heterocycles. The van der Waals surface area contributed by atoms with E-state index in [0.29, 0.717) is 13.1 Å². The van der Waals surface area contributed by atoms with Gasteiger partial charge in [0, 0.05) is 45.5 Å². The van der Waals surface area contributed by atoms with Gasteiger partial charge in [0.1, 0.15) is 24.9 Å². The number of aliphatic hydroxyl groups is 2. The Labute approximate surface area is 170 Å². The number of anilines is 1. The number of nitrogens with one attached hydrogen (secondary N) is 1. The molecule has 2 aliphatic rings. The van der Waals surface area contributed by atoms with Crippen LogP contribution < -0.4 is 10.2 Å². The molecule has 160 valence electrons. The van der Waals surface area contributed by atoms with Crippen molar-refractivity contribution in [3.8, 4) is 0 Å². The van der Waals surface area contributed by atoms with Gasteiger partial charge in [0.25, 0.3) is 0 Å². The van der Waals surface area contributed by atoms with Gasteiger partial charge in [0.05, 0.1) is 12.5 Å². The Bertz CT molecular complexity index is 680. The second-order valence-electron chi connectivity index (χ2n) is 7.34. The van der Waals surface area contributed by atoms with Crippen LogP contribution in [0.4, 0.5) is 5.69 Å². The molecule has 4 unspecified atom stereocenters. The highest BCUT2D eigenvalue weighted by Crippen LogP contribution is 2.24. The standard InChI is InChI=1S/C20H29N3O6/c1-28-13-17(24)21-12-16-20(27)19(26)15(29-16)11-18(25)23-9-7-22(8-10-23)14-5-3-2-4-6-14/h2-6,15-16,19-20,26-27H,7-13H2,1H3,(H,21,24). The number of hydrogen-bond donors (Lipinski definition) is 3. The predicted molar refractivity (Wildman–Crippen MR) is 105 cm³/mol. The van der Waals surface area contributed by atoms with Gasteiger partial charge in [-0.1, -0.05) is 18.2 Å². The van der Waals surface area contributed by atoms with Crippen molar-refractivity contribution in [3.05, 3.63) is 30.3 Å². The van der Waals surface area contributed by atoms with E-state index in [2.05, 4.69) is 10.2 Å². The number of piperazine rings is 1. The molecule has 9 nitrogen and oxygen atoms in total. The van der Waals surface area contributed by atoms with Crippen LogP contribution in [0.15, 0.2) is 30.3 Å². The number of benzene rings is 1. The van der Waals surface area contributed by atoms with E-state index >= 15 is 0 Å². The molecule has 4 atom stereocenters. The van der Waals surface area contributed by atoms with Gasteiger partial charge in [0.15, 0.2) is 0 Å². The average Bonchev–Trinajstić information content (AvgIpc) is 3.01. The molecule has 0 aliphatic carbocycles. The molecule has 3 N–H and O–H groups in total. The molecule has 3 rings (SSSR count). The summed E-state index contributed by atoms with van der Waals surface area (Å²) in [6, 6.07) is 10.1. The zero-order valence-electron chi connectivity index (χ0n) is 16.6. The van der Waals surface area contributed by atoms with Crippen LogP contribution in [0.5, 0.6) is 0 Å². The first kappa shape index (κ1) is 21.5. The maximum atomic E-state index is 12.7. The zero-order valence-corrected chi connectivity index (χ0v) is 16.6. The minimum atomic E-state index is -1.17. The molecule has 9 heteroatoms. The lowest BCUT2D eigenvalue weighted by atomic mass is 10.0. The van der Waals surface area contributed by atoms with Gasteiger partial charge >= 0.3 is 0 Å². The summed E-state index contributed by atoms with van der Waals surface area (Å²) in [6.07, 6.45) is -3.90. The molecule has 0 bridgehead atoms. The summed E-state index contributed by atoms with van der Waals surface area (Å²) in [5.41, 5.74) is 1.13. The largest absolute Gasteiger partial charge is 0.388 e. The molecule has 0 saturated carbocycles. The molecule has 2 fully saturated rings. The lowest BCUT2D eigenvalue weighted by molar-refractivity contribution is -0.136. The summed E-state index contributed by atoms with van der Waals surface area (Å²) in [5, 5.41) is 23.0. The van der Waals surface area contributed by atoms with Gasteiger partial charge in [-0.15, -0.1) is 0 Å². The molecule has 0 aromatic heterocycles. The summed E-state index contributed by atoms with van der Waals surface area (Å²) >= 11 is 0. The van der Waals surface area contributed by atoms with E-state index < -0.39 is 24.4 Å². The van der Waals surface area contributed by atoms with Crippen molar-refractivity contribution in [3.63, 3.8) is 0 Å². The van der Waals surface area contributed by atoms with Crippen LogP contribution in [0, 0.1) is 0 Å². The van der Waals surface area contributed by atoms with Crippen molar-refractivity contribution < 1.29 is 29.3 Å². The van der Waals surface area contributed by atoms with Gasteiger partial charge < -0.3 is 34.8 Å². The topological polar surface area (TPSA) is 112 Å². The molecule has 2 aliphatic heterocycles. The van der Waals surface area contributed by atoms with Gasteiger partial charge in [0.2, 0.25) is 11.8 Å². The van der Waals surface area contributed by atoms with Crippen LogP contribution in [0.3, 0.4) is 0 Å². The molecule has 29 heavy (non-hydrogen) atoms. The van der Waals surface area contributed by atoms with E-state index in [9.17, 15) is 19.8 Å². The summed E-state index contributed by atoms with van der Waals surface area (Å²) in [4.78, 5) is 28.1. The third-order valence-electron chi connectivity index (χ3n) is 5.37. The fraction of sp³-hybridized carbons (Fsp3) is 0.600. The number of carbonyl (C=O) groups is 2. The number of rotatable bonds is 7. The Morgan fingerprint density at radius 1 is 1.10 bits per heavy atom. The molecule has 1 aromatic carbocycles. The zero-order chi connectivity index (χ0) is 20.8. The van der Waals surface area contributed by atoms with Crippen molar-refractivity contribution in [2.24, 2.45) is 0 Å². The Balaban J connectivity index is 1.46. The molecular weight excluding hydrogens is 378 g/mol. The number of hydrogen-bond acceptors (Lipinski definition) is 7. The first-order valence-corrected chi connectivity index (χ1v) is 9.84. The van der Waals surface area contributed by atoms with Gasteiger partial charge in [-0.2, -0.15) is 0 Å². The van der Waals surface area contributed by atoms with Crippen LogP contribution in [-0.2, 0) is 19.1 Å². The molecular formula is C20H29N3O6. The van der Waals surface area contributed by atoms with Crippen molar-refractivity contribution in [2.45, 2.75) is 30.8 Å². The third kappa shape index (κ3) is 5.45. The maximum absolute atomic E-state index is 12.7. The average molecular weight is 407 g/mol. The Hall–Kier alpha value is -2.20. The quantitative estimate of drug-likeness (QED) is 0.530. The predicted octanol–water partition coefficient (Wildman–Crippen LogP) is -1.02. The number of methoxy groups -OCH3 is 1. The maximum Gasteiger partial charge on any atom is 0.246 e. The number of amides is 2. The lowest BCUT2D eigenvalue weighted by Gasteiger charge is -2.36. The summed E-state index contributed by atoms with van der Waals surface area (Å²) < 4.78 is 10.4. The van der Waals surface area contributed by atoms with Crippen LogP contribution >= 0.6 is 0 Å². The monoisotopic (exact) mass is 407 g/mol. The summed E-state index contributed by atoms with van der Waals surface area (Å²) in [6.45, 7) is 2.61. The van der Waals surface area contributed by atoms with E-state index in [-0.39, 0.29) is 31.4 Å². The van der Waals surface area contributed by atoms with Crippen LogP contribution in [0.2, 0.25) is 0 Å². The highest BCUT2D eigenvalue weighted by atomic mass is 16.5. The highest BCUT2D eigenvalue weighted by Gasteiger charge is 2.43. The molecule has 2 amide bonds. The minimum absolute atomic E-state index is 0.00786. The Kier molecular flexibility index (Phi) is 7.43. The van der Waals surface area contributed by atoms with Gasteiger partial charge in [-0.3, -0.25) is 9.59 Å². The van der Waals surface area contributed by atoms with E-state index in [1.54, 1.807) is 4.90 Å². The number of ether oxygens (including phenoxy) is 2. The van der Waals surface area contributed by atoms with Crippen molar-refractivity contribution in [2.75, 3.05) is 51.3 Å². The number of aliphatic hydroxyl groups excluding tert-OH is 2. The SMILES string of the molecule is COCC(=O)NCC1OC(CC(=O)N2CCN(c3ccccc3)CC2)C(O)C1O. The number of para-hydroxylation sites is 1. The van der Waals surface area contributed by atoms with E-state index in [1.807, 2.05) is 30.3 Å². The molecule has 1 aromatic rings. The van der Waals surface area contributed by atoms with Crippen molar-refractivity contribution in [1.29, 1.82) is 0 Å². The summed E-state index contributed by atoms with van der Waals surface area (Å²) in [5.74, 6) is -0.452. The van der Waals surface area contributed by atoms with E-state index in [4.69, 9.17) is 9.47 Å². The van der Waals surface area contributed by atoms with Gasteiger partial charge in [-0.05, 0) is 12.1 Å². The smallest absolute Gasteiger partial charge is 0.246 e. The van der Waals surface area contributed by atoms with Crippen LogP contribution in [0.1, 0.15) is 6.42 Å². The van der Waals surface area contributed by atoms with Crippen LogP contribution in [0.25, 0.3) is 0 Å². The summed E-state index contributed by atoms with van der Waals surface area (Å²) in [7, 11) is 1.41. The Morgan fingerprint density at radius 3 is 2.41 bits per heavy atom. The first-order chi connectivity index (χ1) is 14.0. The van der Waals surface area contributed by atoms with Crippen LogP contribution in [-0.4, -0.2) is 97.8 Å². The minimum Gasteiger partial charge on any atom is -0.388 e. The second kappa shape index (κ2) is 10.0. The van der Waals surface area contributed by atoms with Crippen molar-refractivity contribution >= 4 is 17.5 Å². The van der Waals surface area contributed by atoms with Gasteiger partial charge in [-0.25, -0.2) is 0 Å². The number of nitrogens with zero attached hydrogens (tertiary/aromatic N) is 2. The molecule has 0 radical (unpaired) electrons. The highest BCUT2D eigenvalue weighted by molar-refractivity contribution is 5.77. The fourth-order valence-corrected chi connectivity index (χ4v) is 3.71. The first-order valence-electron chi connectivity index (χ1n) is 9.84. The number of carbonyl (C=O) groups excluding carboxylic acids is 2. The lowest BCUT2D eigenvalue weighted by Crippen LogP contribution is -2.49. The molecule has 0 spiro atoms. The van der Waals surface area contributed by atoms with E-state index in [0.717, 1.165) is 18.8 Å². The fourth-order valence-electron chi connectivity index (χ4n) is 3.71. The Morgan fingerprint density at radius 2 is 1.76 bits per heavy atom. The normalized spacial score (nSPS) is 27.1. The molecule has 2 heterocycles. The third-order valence-corrected chi connectivity index (χ3v) is 5.37. The second-order valence-corrected chi connectivity index (χ2v) is 7.34.